The largest absolute Gasteiger partial charge is 0.314 e. The molecule has 0 aromatic carbocycles. The van der Waals surface area contributed by atoms with Gasteiger partial charge in [-0.05, 0) is 33.2 Å². The standard InChI is InChI=1S/C12H24N4O2S/c1-8(2)6-9(3)16-19(17,18)12-10(4)14-15-11(12)7-13-5/h8-9,13,16H,6-7H2,1-5H3,(H,14,15). The molecule has 0 spiro atoms. The lowest BCUT2D eigenvalue weighted by Gasteiger charge is -2.16. The first kappa shape index (κ1) is 16.1. The molecule has 1 aromatic rings. The van der Waals surface area contributed by atoms with Crippen LogP contribution in [-0.4, -0.2) is 31.7 Å². The van der Waals surface area contributed by atoms with Crippen molar-refractivity contribution in [2.45, 2.75) is 51.6 Å². The van der Waals surface area contributed by atoms with Crippen molar-refractivity contribution in [3.63, 3.8) is 0 Å². The van der Waals surface area contributed by atoms with E-state index in [1.807, 2.05) is 6.92 Å². The SMILES string of the molecule is CNCc1n[nH]c(C)c1S(=O)(=O)NC(C)CC(C)C. The van der Waals surface area contributed by atoms with E-state index in [1.165, 1.54) is 0 Å². The number of rotatable bonds is 7. The molecule has 0 fully saturated rings. The Hall–Kier alpha value is -0.920. The lowest BCUT2D eigenvalue weighted by atomic mass is 10.1. The molecule has 6 nitrogen and oxygen atoms in total. The molecule has 7 heteroatoms. The number of nitrogens with zero attached hydrogens (tertiary/aromatic N) is 1. The van der Waals surface area contributed by atoms with Gasteiger partial charge in [-0.25, -0.2) is 13.1 Å². The predicted molar refractivity (Wildman–Crippen MR) is 75.3 cm³/mol. The van der Waals surface area contributed by atoms with Crippen molar-refractivity contribution in [1.29, 1.82) is 0 Å². The third-order valence-corrected chi connectivity index (χ3v) is 4.55. The van der Waals surface area contributed by atoms with Crippen LogP contribution < -0.4 is 10.0 Å². The van der Waals surface area contributed by atoms with Crippen LogP contribution in [0.25, 0.3) is 0 Å². The van der Waals surface area contributed by atoms with E-state index in [4.69, 9.17) is 0 Å². The number of nitrogens with one attached hydrogen (secondary N) is 3. The predicted octanol–water partition coefficient (Wildman–Crippen LogP) is 1.15. The number of H-pyrrole nitrogens is 1. The Morgan fingerprint density at radius 1 is 1.32 bits per heavy atom. The number of aromatic amines is 1. The van der Waals surface area contributed by atoms with E-state index in [0.29, 0.717) is 23.9 Å². The number of sulfonamides is 1. The van der Waals surface area contributed by atoms with Crippen molar-refractivity contribution in [3.8, 4) is 0 Å². The Balaban J connectivity index is 2.97. The lowest BCUT2D eigenvalue weighted by molar-refractivity contribution is 0.482. The van der Waals surface area contributed by atoms with Gasteiger partial charge in [-0.15, -0.1) is 0 Å². The second kappa shape index (κ2) is 6.49. The van der Waals surface area contributed by atoms with Gasteiger partial charge in [0, 0.05) is 12.6 Å². The van der Waals surface area contributed by atoms with Crippen molar-refractivity contribution >= 4 is 10.0 Å². The maximum Gasteiger partial charge on any atom is 0.244 e. The quantitative estimate of drug-likeness (QED) is 0.702. The molecule has 0 saturated heterocycles. The topological polar surface area (TPSA) is 86.9 Å². The summed E-state index contributed by atoms with van der Waals surface area (Å²) in [5, 5.41) is 9.69. The summed E-state index contributed by atoms with van der Waals surface area (Å²) in [7, 11) is -1.77. The van der Waals surface area contributed by atoms with E-state index < -0.39 is 10.0 Å². The summed E-state index contributed by atoms with van der Waals surface area (Å²) in [6, 6.07) is -0.0956. The van der Waals surface area contributed by atoms with Crippen LogP contribution in [0.3, 0.4) is 0 Å². The molecule has 0 aliphatic rings. The second-order valence-corrected chi connectivity index (χ2v) is 6.96. The van der Waals surface area contributed by atoms with E-state index in [9.17, 15) is 8.42 Å². The minimum atomic E-state index is -3.53. The monoisotopic (exact) mass is 288 g/mol. The molecule has 110 valence electrons. The number of hydrogen-bond donors (Lipinski definition) is 3. The number of hydrogen-bond acceptors (Lipinski definition) is 4. The molecule has 1 rings (SSSR count). The Morgan fingerprint density at radius 3 is 2.47 bits per heavy atom. The van der Waals surface area contributed by atoms with Crippen molar-refractivity contribution in [3.05, 3.63) is 11.4 Å². The van der Waals surface area contributed by atoms with Crippen LogP contribution in [0, 0.1) is 12.8 Å². The molecule has 0 aliphatic carbocycles. The second-order valence-electron chi connectivity index (χ2n) is 5.31. The van der Waals surface area contributed by atoms with Gasteiger partial charge in [-0.1, -0.05) is 13.8 Å². The fourth-order valence-electron chi connectivity index (χ4n) is 2.19. The summed E-state index contributed by atoms with van der Waals surface area (Å²) in [5.41, 5.74) is 1.08. The third-order valence-electron chi connectivity index (χ3n) is 2.76. The zero-order chi connectivity index (χ0) is 14.6. The minimum Gasteiger partial charge on any atom is -0.314 e. The lowest BCUT2D eigenvalue weighted by Crippen LogP contribution is -2.34. The molecular formula is C12H24N4O2S. The van der Waals surface area contributed by atoms with Crippen LogP contribution in [0.15, 0.2) is 4.90 Å². The number of aryl methyl sites for hydroxylation is 1. The summed E-state index contributed by atoms with van der Waals surface area (Å²) < 4.78 is 27.5. The van der Waals surface area contributed by atoms with Gasteiger partial charge in [0.2, 0.25) is 10.0 Å². The first-order valence-electron chi connectivity index (χ1n) is 6.48. The van der Waals surface area contributed by atoms with E-state index in [0.717, 1.165) is 6.42 Å². The molecule has 0 saturated carbocycles. The van der Waals surface area contributed by atoms with Gasteiger partial charge in [0.1, 0.15) is 4.90 Å². The van der Waals surface area contributed by atoms with E-state index >= 15 is 0 Å². The van der Waals surface area contributed by atoms with Crippen molar-refractivity contribution in [1.82, 2.24) is 20.2 Å². The maximum atomic E-state index is 12.4. The fraction of sp³-hybridized carbons (Fsp3) is 0.750. The Labute approximate surface area is 115 Å². The highest BCUT2D eigenvalue weighted by atomic mass is 32.2. The van der Waals surface area contributed by atoms with Crippen LogP contribution >= 0.6 is 0 Å². The van der Waals surface area contributed by atoms with E-state index in [2.05, 4.69) is 34.1 Å². The Morgan fingerprint density at radius 2 is 1.95 bits per heavy atom. The Bertz CT molecular complexity index is 508. The normalized spacial score (nSPS) is 14.0. The molecule has 3 N–H and O–H groups in total. The molecule has 1 aromatic heterocycles. The van der Waals surface area contributed by atoms with Gasteiger partial charge in [-0.3, -0.25) is 5.10 Å². The summed E-state index contributed by atoms with van der Waals surface area (Å²) in [5.74, 6) is 0.444. The van der Waals surface area contributed by atoms with Crippen LogP contribution in [-0.2, 0) is 16.6 Å². The Kier molecular flexibility index (Phi) is 5.51. The van der Waals surface area contributed by atoms with E-state index in [-0.39, 0.29) is 10.9 Å². The summed E-state index contributed by atoms with van der Waals surface area (Å²) >= 11 is 0. The first-order valence-corrected chi connectivity index (χ1v) is 7.97. The molecule has 1 atom stereocenters. The molecule has 0 bridgehead atoms. The highest BCUT2D eigenvalue weighted by Crippen LogP contribution is 2.18. The fourth-order valence-corrected chi connectivity index (χ4v) is 3.81. The van der Waals surface area contributed by atoms with Crippen LogP contribution in [0.5, 0.6) is 0 Å². The van der Waals surface area contributed by atoms with Gasteiger partial charge < -0.3 is 5.32 Å². The minimum absolute atomic E-state index is 0.0956. The van der Waals surface area contributed by atoms with Gasteiger partial charge in [0.15, 0.2) is 0 Å². The molecule has 0 amide bonds. The average Bonchev–Trinajstić information content (AvgIpc) is 2.58. The molecule has 1 unspecified atom stereocenters. The summed E-state index contributed by atoms with van der Waals surface area (Å²) in [6.45, 7) is 8.15. The third kappa shape index (κ3) is 4.29. The van der Waals surface area contributed by atoms with Crippen molar-refractivity contribution in [2.24, 2.45) is 5.92 Å². The van der Waals surface area contributed by atoms with Crippen LogP contribution in [0.1, 0.15) is 38.6 Å². The van der Waals surface area contributed by atoms with Crippen LogP contribution in [0.2, 0.25) is 0 Å². The number of aromatic nitrogens is 2. The van der Waals surface area contributed by atoms with Gasteiger partial charge in [0.25, 0.3) is 0 Å². The molecule has 19 heavy (non-hydrogen) atoms. The van der Waals surface area contributed by atoms with Crippen molar-refractivity contribution < 1.29 is 8.42 Å². The first-order chi connectivity index (χ1) is 8.77. The highest BCUT2D eigenvalue weighted by molar-refractivity contribution is 7.89. The highest BCUT2D eigenvalue weighted by Gasteiger charge is 2.25. The molecular weight excluding hydrogens is 264 g/mol. The molecule has 0 radical (unpaired) electrons. The molecule has 1 heterocycles. The molecule has 0 aliphatic heterocycles. The summed E-state index contributed by atoms with van der Waals surface area (Å²) in [6.07, 6.45) is 0.803. The zero-order valence-corrected chi connectivity index (χ0v) is 13.1. The average molecular weight is 288 g/mol. The summed E-state index contributed by atoms with van der Waals surface area (Å²) in [4.78, 5) is 0.262. The smallest absolute Gasteiger partial charge is 0.244 e. The maximum absolute atomic E-state index is 12.4. The van der Waals surface area contributed by atoms with Gasteiger partial charge in [-0.2, -0.15) is 5.10 Å². The van der Waals surface area contributed by atoms with Gasteiger partial charge >= 0.3 is 0 Å². The van der Waals surface area contributed by atoms with Crippen molar-refractivity contribution in [2.75, 3.05) is 7.05 Å². The van der Waals surface area contributed by atoms with Gasteiger partial charge in [0.05, 0.1) is 11.4 Å². The van der Waals surface area contributed by atoms with E-state index in [1.54, 1.807) is 14.0 Å². The zero-order valence-electron chi connectivity index (χ0n) is 12.2. The van der Waals surface area contributed by atoms with Crippen LogP contribution in [0.4, 0.5) is 0 Å².